The van der Waals surface area contributed by atoms with Gasteiger partial charge in [0.2, 0.25) is 5.28 Å². The second-order valence-electron chi connectivity index (χ2n) is 7.11. The third-order valence-electron chi connectivity index (χ3n) is 5.29. The highest BCUT2D eigenvalue weighted by Gasteiger charge is 2.23. The number of aromatic nitrogens is 2. The van der Waals surface area contributed by atoms with Crippen LogP contribution in [0.1, 0.15) is 30.9 Å². The maximum Gasteiger partial charge on any atom is 0.225 e. The van der Waals surface area contributed by atoms with Crippen LogP contribution in [-0.2, 0) is 0 Å². The van der Waals surface area contributed by atoms with E-state index in [1.807, 2.05) is 0 Å². The highest BCUT2D eigenvalue weighted by atomic mass is 35.5. The van der Waals surface area contributed by atoms with Crippen molar-refractivity contribution >= 4 is 39.0 Å². The van der Waals surface area contributed by atoms with Gasteiger partial charge in [0.15, 0.2) is 0 Å². The molecule has 0 radical (unpaired) electrons. The maximum absolute atomic E-state index is 6.23. The summed E-state index contributed by atoms with van der Waals surface area (Å²) in [5.74, 6) is 1.78. The van der Waals surface area contributed by atoms with Gasteiger partial charge in [0, 0.05) is 24.0 Å². The van der Waals surface area contributed by atoms with Gasteiger partial charge in [-0.2, -0.15) is 4.98 Å². The summed E-state index contributed by atoms with van der Waals surface area (Å²) in [7, 11) is 0. The summed E-state index contributed by atoms with van der Waals surface area (Å²) in [4.78, 5) is 12.5. The van der Waals surface area contributed by atoms with Gasteiger partial charge in [-0.05, 0) is 60.9 Å². The summed E-state index contributed by atoms with van der Waals surface area (Å²) in [6.07, 6.45) is 2.40. The Hall–Kier alpha value is -1.65. The number of thiophene rings is 1. The molecule has 1 aromatic carbocycles. The highest BCUT2D eigenvalue weighted by molar-refractivity contribution is 7.17. The number of piperidine rings is 1. The molecule has 1 saturated heterocycles. The van der Waals surface area contributed by atoms with Crippen LogP contribution in [0.5, 0.6) is 0 Å². The van der Waals surface area contributed by atoms with Crippen LogP contribution in [0.2, 0.25) is 5.28 Å². The first-order valence-electron chi connectivity index (χ1n) is 8.80. The number of hydrogen-bond acceptors (Lipinski definition) is 4. The van der Waals surface area contributed by atoms with Crippen LogP contribution < -0.4 is 4.90 Å². The lowest BCUT2D eigenvalue weighted by Crippen LogP contribution is -2.33. The molecular formula is C20H22ClN3S. The molecule has 4 rings (SSSR count). The predicted molar refractivity (Wildman–Crippen MR) is 108 cm³/mol. The molecule has 5 heteroatoms. The molecule has 0 saturated carbocycles. The number of nitrogens with zero attached hydrogens (tertiary/aromatic N) is 3. The van der Waals surface area contributed by atoms with E-state index in [4.69, 9.17) is 11.6 Å². The molecule has 0 aliphatic carbocycles. The average Bonchev–Trinajstić information content (AvgIpc) is 3.01. The average molecular weight is 372 g/mol. The molecule has 3 aromatic rings. The number of halogens is 1. The third-order valence-corrected chi connectivity index (χ3v) is 6.33. The topological polar surface area (TPSA) is 29.0 Å². The quantitative estimate of drug-likeness (QED) is 0.528. The van der Waals surface area contributed by atoms with Crippen molar-refractivity contribution in [2.75, 3.05) is 18.0 Å². The smallest absolute Gasteiger partial charge is 0.225 e. The fourth-order valence-electron chi connectivity index (χ4n) is 3.47. The number of anilines is 1. The molecule has 3 heterocycles. The van der Waals surface area contributed by atoms with Crippen molar-refractivity contribution < 1.29 is 0 Å². The van der Waals surface area contributed by atoms with E-state index in [0.717, 1.165) is 35.0 Å². The molecule has 130 valence electrons. The lowest BCUT2D eigenvalue weighted by atomic mass is 9.98. The second kappa shape index (κ2) is 6.58. The molecule has 0 unspecified atom stereocenters. The van der Waals surface area contributed by atoms with Gasteiger partial charge in [0.05, 0.1) is 5.39 Å². The summed E-state index contributed by atoms with van der Waals surface area (Å²) in [6.45, 7) is 8.70. The second-order valence-corrected chi connectivity index (χ2v) is 8.31. The van der Waals surface area contributed by atoms with Gasteiger partial charge >= 0.3 is 0 Å². The Bertz CT molecular complexity index is 926. The minimum absolute atomic E-state index is 0.342. The maximum atomic E-state index is 6.23. The molecule has 0 bridgehead atoms. The molecule has 0 atom stereocenters. The van der Waals surface area contributed by atoms with E-state index in [1.165, 1.54) is 35.1 Å². The van der Waals surface area contributed by atoms with Gasteiger partial charge in [0.25, 0.3) is 0 Å². The van der Waals surface area contributed by atoms with Gasteiger partial charge in [-0.1, -0.05) is 25.1 Å². The van der Waals surface area contributed by atoms with E-state index < -0.39 is 0 Å². The van der Waals surface area contributed by atoms with E-state index in [0.29, 0.717) is 5.28 Å². The largest absolute Gasteiger partial charge is 0.356 e. The van der Waals surface area contributed by atoms with Crippen LogP contribution in [0.15, 0.2) is 23.6 Å². The molecule has 3 nitrogen and oxygen atoms in total. The van der Waals surface area contributed by atoms with Crippen LogP contribution in [0.3, 0.4) is 0 Å². The first kappa shape index (κ1) is 16.8. The summed E-state index contributed by atoms with van der Waals surface area (Å²) >= 11 is 7.88. The fourth-order valence-corrected chi connectivity index (χ4v) is 4.63. The van der Waals surface area contributed by atoms with E-state index in [9.17, 15) is 0 Å². The summed E-state index contributed by atoms with van der Waals surface area (Å²) in [6, 6.07) is 6.64. The van der Waals surface area contributed by atoms with Crippen LogP contribution in [0, 0.1) is 19.8 Å². The van der Waals surface area contributed by atoms with Crippen molar-refractivity contribution in [1.82, 2.24) is 9.97 Å². The number of fused-ring (bicyclic) bond motifs is 1. The van der Waals surface area contributed by atoms with E-state index in [-0.39, 0.29) is 0 Å². The lowest BCUT2D eigenvalue weighted by Gasteiger charge is -2.31. The Balaban J connectivity index is 1.87. The summed E-state index contributed by atoms with van der Waals surface area (Å²) < 4.78 is 0. The van der Waals surface area contributed by atoms with Crippen molar-refractivity contribution in [3.8, 4) is 11.1 Å². The first-order chi connectivity index (χ1) is 12.0. The van der Waals surface area contributed by atoms with E-state index in [1.54, 1.807) is 11.3 Å². The normalized spacial score (nSPS) is 15.9. The van der Waals surface area contributed by atoms with Gasteiger partial charge < -0.3 is 4.90 Å². The molecule has 2 aromatic heterocycles. The molecule has 0 N–H and O–H groups in total. The number of rotatable bonds is 2. The van der Waals surface area contributed by atoms with Crippen molar-refractivity contribution in [2.45, 2.75) is 33.6 Å². The predicted octanol–water partition coefficient (Wildman–Crippen LogP) is 5.86. The van der Waals surface area contributed by atoms with Gasteiger partial charge in [-0.15, -0.1) is 11.3 Å². The Labute approximate surface area is 157 Å². The fraction of sp³-hybridized carbons (Fsp3) is 0.400. The monoisotopic (exact) mass is 371 g/mol. The van der Waals surface area contributed by atoms with Crippen LogP contribution in [0.25, 0.3) is 21.3 Å². The van der Waals surface area contributed by atoms with Gasteiger partial charge in [-0.25, -0.2) is 4.98 Å². The number of aryl methyl sites for hydroxylation is 2. The van der Waals surface area contributed by atoms with Crippen molar-refractivity contribution in [1.29, 1.82) is 0 Å². The number of benzene rings is 1. The molecule has 0 amide bonds. The summed E-state index contributed by atoms with van der Waals surface area (Å²) in [5, 5.41) is 3.68. The van der Waals surface area contributed by atoms with E-state index >= 15 is 0 Å². The van der Waals surface area contributed by atoms with Gasteiger partial charge in [-0.3, -0.25) is 0 Å². The van der Waals surface area contributed by atoms with Crippen molar-refractivity contribution in [3.63, 3.8) is 0 Å². The van der Waals surface area contributed by atoms with Crippen LogP contribution in [-0.4, -0.2) is 23.1 Å². The molecular weight excluding hydrogens is 350 g/mol. The van der Waals surface area contributed by atoms with Crippen molar-refractivity contribution in [2.24, 2.45) is 5.92 Å². The third kappa shape index (κ3) is 3.13. The molecule has 1 aliphatic rings. The Morgan fingerprint density at radius 3 is 2.60 bits per heavy atom. The standard InChI is InChI=1S/C20H22ClN3S/c1-12-6-8-24(9-7-12)18-17-16(11-25-19(17)23-20(21)22-18)15-5-4-13(2)14(3)10-15/h4-5,10-12H,6-9H2,1-3H3. The molecule has 1 aliphatic heterocycles. The Morgan fingerprint density at radius 1 is 1.12 bits per heavy atom. The lowest BCUT2D eigenvalue weighted by molar-refractivity contribution is 0.437. The molecule has 1 fully saturated rings. The van der Waals surface area contributed by atoms with E-state index in [2.05, 4.69) is 59.2 Å². The van der Waals surface area contributed by atoms with Crippen LogP contribution in [0.4, 0.5) is 5.82 Å². The number of hydrogen-bond donors (Lipinski definition) is 0. The van der Waals surface area contributed by atoms with Crippen LogP contribution >= 0.6 is 22.9 Å². The van der Waals surface area contributed by atoms with Gasteiger partial charge in [0.1, 0.15) is 10.6 Å². The minimum Gasteiger partial charge on any atom is -0.356 e. The Morgan fingerprint density at radius 2 is 1.88 bits per heavy atom. The SMILES string of the molecule is Cc1ccc(-c2csc3nc(Cl)nc(N4CCC(C)CC4)c23)cc1C. The Kier molecular flexibility index (Phi) is 4.42. The zero-order valence-electron chi connectivity index (χ0n) is 14.8. The van der Waals surface area contributed by atoms with Crippen molar-refractivity contribution in [3.05, 3.63) is 40.0 Å². The minimum atomic E-state index is 0.342. The molecule has 0 spiro atoms. The zero-order chi connectivity index (χ0) is 17.6. The first-order valence-corrected chi connectivity index (χ1v) is 10.1. The summed E-state index contributed by atoms with van der Waals surface area (Å²) in [5.41, 5.74) is 5.06. The zero-order valence-corrected chi connectivity index (χ0v) is 16.4. The molecule has 25 heavy (non-hydrogen) atoms. The highest BCUT2D eigenvalue weighted by Crippen LogP contribution is 2.40.